The number of benzene rings is 2. The van der Waals surface area contributed by atoms with E-state index >= 15 is 0 Å². The molecule has 5 heteroatoms. The second-order valence-electron chi connectivity index (χ2n) is 4.76. The lowest BCUT2D eigenvalue weighted by Gasteiger charge is -2.20. The first-order chi connectivity index (χ1) is 9.90. The molecule has 0 radical (unpaired) electrons. The Labute approximate surface area is 137 Å². The number of aryl methyl sites for hydroxylation is 1. The molecule has 0 aliphatic carbocycles. The summed E-state index contributed by atoms with van der Waals surface area (Å²) in [6, 6.07) is 13.0. The maximum atomic E-state index is 12.6. The molecule has 2 aromatic carbocycles. The summed E-state index contributed by atoms with van der Waals surface area (Å²) in [4.78, 5) is 14.5. The molecule has 0 atom stereocenters. The Kier molecular flexibility index (Phi) is 4.75. The predicted molar refractivity (Wildman–Crippen MR) is 93.9 cm³/mol. The molecule has 0 saturated heterocycles. The monoisotopic (exact) mass is 362 g/mol. The van der Waals surface area contributed by atoms with Crippen molar-refractivity contribution in [3.8, 4) is 0 Å². The van der Waals surface area contributed by atoms with Crippen LogP contribution in [0.3, 0.4) is 0 Å². The zero-order chi connectivity index (χ0) is 15.6. The standard InChI is InChI=1S/C16H15BrN2OS/c1-10-7-11(9-12(17)8-10)16(20)19(2)14-6-4-3-5-13(14)15(18)21/h3-9H,1-2H3,(H2,18,21). The van der Waals surface area contributed by atoms with E-state index in [4.69, 9.17) is 18.0 Å². The molecule has 1 amide bonds. The molecule has 2 rings (SSSR count). The lowest BCUT2D eigenvalue weighted by Crippen LogP contribution is -2.28. The number of carbonyl (C=O) groups is 1. The topological polar surface area (TPSA) is 46.3 Å². The van der Waals surface area contributed by atoms with Gasteiger partial charge in [0.05, 0.1) is 5.69 Å². The van der Waals surface area contributed by atoms with Crippen molar-refractivity contribution in [3.63, 3.8) is 0 Å². The molecular formula is C16H15BrN2OS. The van der Waals surface area contributed by atoms with E-state index in [2.05, 4.69) is 15.9 Å². The first-order valence-corrected chi connectivity index (χ1v) is 7.54. The molecule has 0 aliphatic rings. The van der Waals surface area contributed by atoms with Crippen LogP contribution in [-0.2, 0) is 0 Å². The van der Waals surface area contributed by atoms with Crippen molar-refractivity contribution < 1.29 is 4.79 Å². The molecule has 0 saturated carbocycles. The Morgan fingerprint density at radius 2 is 1.90 bits per heavy atom. The summed E-state index contributed by atoms with van der Waals surface area (Å²) in [5.41, 5.74) is 8.75. The van der Waals surface area contributed by atoms with Crippen molar-refractivity contribution in [2.45, 2.75) is 6.92 Å². The highest BCUT2D eigenvalue weighted by atomic mass is 79.9. The van der Waals surface area contributed by atoms with Crippen LogP contribution in [0.15, 0.2) is 46.9 Å². The molecule has 21 heavy (non-hydrogen) atoms. The van der Waals surface area contributed by atoms with Gasteiger partial charge in [0, 0.05) is 22.6 Å². The molecule has 0 fully saturated rings. The molecule has 108 valence electrons. The summed E-state index contributed by atoms with van der Waals surface area (Å²) in [6.07, 6.45) is 0. The van der Waals surface area contributed by atoms with Crippen LogP contribution in [0.2, 0.25) is 0 Å². The van der Waals surface area contributed by atoms with Crippen LogP contribution in [0.5, 0.6) is 0 Å². The van der Waals surface area contributed by atoms with E-state index in [0.29, 0.717) is 16.8 Å². The summed E-state index contributed by atoms with van der Waals surface area (Å²) in [6.45, 7) is 1.95. The highest BCUT2D eigenvalue weighted by Crippen LogP contribution is 2.23. The van der Waals surface area contributed by atoms with Gasteiger partial charge < -0.3 is 10.6 Å². The van der Waals surface area contributed by atoms with E-state index in [1.54, 1.807) is 18.0 Å². The number of anilines is 1. The zero-order valence-corrected chi connectivity index (χ0v) is 14.2. The van der Waals surface area contributed by atoms with Crippen LogP contribution in [0.25, 0.3) is 0 Å². The quantitative estimate of drug-likeness (QED) is 0.847. The van der Waals surface area contributed by atoms with E-state index in [1.807, 2.05) is 43.3 Å². The van der Waals surface area contributed by atoms with Gasteiger partial charge >= 0.3 is 0 Å². The lowest BCUT2D eigenvalue weighted by molar-refractivity contribution is 0.0993. The van der Waals surface area contributed by atoms with E-state index in [1.165, 1.54) is 0 Å². The summed E-state index contributed by atoms with van der Waals surface area (Å²) < 4.78 is 0.877. The summed E-state index contributed by atoms with van der Waals surface area (Å²) >= 11 is 8.46. The van der Waals surface area contributed by atoms with Crippen molar-refractivity contribution in [3.05, 3.63) is 63.6 Å². The summed E-state index contributed by atoms with van der Waals surface area (Å²) in [7, 11) is 1.72. The third-order valence-corrected chi connectivity index (χ3v) is 3.80. The minimum Gasteiger partial charge on any atom is -0.389 e. The number of rotatable bonds is 3. The van der Waals surface area contributed by atoms with Gasteiger partial charge in [-0.1, -0.05) is 40.3 Å². The van der Waals surface area contributed by atoms with Crippen LogP contribution >= 0.6 is 28.1 Å². The fraction of sp³-hybridized carbons (Fsp3) is 0.125. The fourth-order valence-corrected chi connectivity index (χ4v) is 2.92. The number of para-hydroxylation sites is 1. The fourth-order valence-electron chi connectivity index (χ4n) is 2.14. The molecule has 2 aromatic rings. The summed E-state index contributed by atoms with van der Waals surface area (Å²) in [5, 5.41) is 0. The summed E-state index contributed by atoms with van der Waals surface area (Å²) in [5.74, 6) is -0.108. The van der Waals surface area contributed by atoms with Gasteiger partial charge in [-0.15, -0.1) is 0 Å². The van der Waals surface area contributed by atoms with Crippen LogP contribution in [0.1, 0.15) is 21.5 Å². The number of hydrogen-bond donors (Lipinski definition) is 1. The van der Waals surface area contributed by atoms with E-state index in [9.17, 15) is 4.79 Å². The largest absolute Gasteiger partial charge is 0.389 e. The van der Waals surface area contributed by atoms with Crippen LogP contribution in [-0.4, -0.2) is 17.9 Å². The maximum absolute atomic E-state index is 12.6. The predicted octanol–water partition coefficient (Wildman–Crippen LogP) is 3.67. The van der Waals surface area contributed by atoms with Gasteiger partial charge in [-0.05, 0) is 42.8 Å². The minimum atomic E-state index is -0.108. The van der Waals surface area contributed by atoms with E-state index in [0.717, 1.165) is 10.0 Å². The van der Waals surface area contributed by atoms with Gasteiger partial charge in [-0.2, -0.15) is 0 Å². The number of carbonyl (C=O) groups excluding carboxylic acids is 1. The van der Waals surface area contributed by atoms with E-state index in [-0.39, 0.29) is 10.9 Å². The Morgan fingerprint density at radius 3 is 2.52 bits per heavy atom. The van der Waals surface area contributed by atoms with Gasteiger partial charge in [-0.3, -0.25) is 4.79 Å². The Hall–Kier alpha value is -1.72. The second-order valence-corrected chi connectivity index (χ2v) is 6.12. The van der Waals surface area contributed by atoms with Gasteiger partial charge in [0.15, 0.2) is 0 Å². The molecule has 0 aromatic heterocycles. The lowest BCUT2D eigenvalue weighted by atomic mass is 10.1. The van der Waals surface area contributed by atoms with Gasteiger partial charge in [0.25, 0.3) is 5.91 Å². The molecule has 0 aliphatic heterocycles. The maximum Gasteiger partial charge on any atom is 0.258 e. The Balaban J connectivity index is 2.42. The van der Waals surface area contributed by atoms with E-state index < -0.39 is 0 Å². The highest BCUT2D eigenvalue weighted by molar-refractivity contribution is 9.10. The number of nitrogens with zero attached hydrogens (tertiary/aromatic N) is 1. The molecule has 0 bridgehead atoms. The first-order valence-electron chi connectivity index (χ1n) is 6.34. The third kappa shape index (κ3) is 3.49. The number of amides is 1. The number of nitrogens with two attached hydrogens (primary N) is 1. The SMILES string of the molecule is Cc1cc(Br)cc(C(=O)N(C)c2ccccc2C(N)=S)c1. The molecule has 0 spiro atoms. The molecular weight excluding hydrogens is 348 g/mol. The normalized spacial score (nSPS) is 10.2. The minimum absolute atomic E-state index is 0.108. The van der Waals surface area contributed by atoms with Gasteiger partial charge in [0.2, 0.25) is 0 Å². The first kappa shape index (κ1) is 15.7. The van der Waals surface area contributed by atoms with Crippen molar-refractivity contribution >= 4 is 44.7 Å². The van der Waals surface area contributed by atoms with Gasteiger partial charge in [-0.25, -0.2) is 0 Å². The number of thiocarbonyl (C=S) groups is 1. The zero-order valence-electron chi connectivity index (χ0n) is 11.8. The van der Waals surface area contributed by atoms with Crippen molar-refractivity contribution in [2.75, 3.05) is 11.9 Å². The number of hydrogen-bond acceptors (Lipinski definition) is 2. The van der Waals surface area contributed by atoms with Crippen molar-refractivity contribution in [1.29, 1.82) is 0 Å². The molecule has 0 heterocycles. The molecule has 0 unspecified atom stereocenters. The van der Waals surface area contributed by atoms with Crippen LogP contribution in [0, 0.1) is 6.92 Å². The Morgan fingerprint density at radius 1 is 1.24 bits per heavy atom. The number of halogens is 1. The van der Waals surface area contributed by atoms with Gasteiger partial charge in [0.1, 0.15) is 4.99 Å². The Bertz CT molecular complexity index is 695. The highest BCUT2D eigenvalue weighted by Gasteiger charge is 2.17. The van der Waals surface area contributed by atoms with Crippen molar-refractivity contribution in [1.82, 2.24) is 0 Å². The van der Waals surface area contributed by atoms with Crippen LogP contribution < -0.4 is 10.6 Å². The molecule has 2 N–H and O–H groups in total. The molecule has 3 nitrogen and oxygen atoms in total. The van der Waals surface area contributed by atoms with Crippen molar-refractivity contribution in [2.24, 2.45) is 5.73 Å². The smallest absolute Gasteiger partial charge is 0.258 e. The van der Waals surface area contributed by atoms with Crippen LogP contribution in [0.4, 0.5) is 5.69 Å². The third-order valence-electron chi connectivity index (χ3n) is 3.12. The average Bonchev–Trinajstić information content (AvgIpc) is 2.44. The average molecular weight is 363 g/mol. The second kappa shape index (κ2) is 6.37.